The summed E-state index contributed by atoms with van der Waals surface area (Å²) in [7, 11) is 1.91. The first kappa shape index (κ1) is 13.2. The molecule has 6 heteroatoms. The molecular weight excluding hydrogens is 322 g/mol. The van der Waals surface area contributed by atoms with Gasteiger partial charge in [-0.25, -0.2) is 4.98 Å². The van der Waals surface area contributed by atoms with Crippen molar-refractivity contribution < 1.29 is 9.90 Å². The monoisotopic (exact) mass is 335 g/mol. The Morgan fingerprint density at radius 3 is 2.90 bits per heavy atom. The van der Waals surface area contributed by atoms with Crippen molar-refractivity contribution in [3.63, 3.8) is 0 Å². The van der Waals surface area contributed by atoms with Gasteiger partial charge in [-0.05, 0) is 40.5 Å². The molecule has 0 fully saturated rings. The minimum absolute atomic E-state index is 0.108. The van der Waals surface area contributed by atoms with Crippen LogP contribution in [0.1, 0.15) is 17.7 Å². The molecule has 0 aliphatic heterocycles. The molecule has 104 valence electrons. The lowest BCUT2D eigenvalue weighted by Crippen LogP contribution is -2.02. The number of aliphatic carboxylic acids is 1. The lowest BCUT2D eigenvalue weighted by Gasteiger charge is -2.01. The van der Waals surface area contributed by atoms with Crippen LogP contribution >= 0.6 is 15.9 Å². The van der Waals surface area contributed by atoms with Gasteiger partial charge >= 0.3 is 5.97 Å². The number of fused-ring (bicyclic) bond motifs is 3. The molecule has 0 spiro atoms. The van der Waals surface area contributed by atoms with Gasteiger partial charge in [0.25, 0.3) is 0 Å². The molecule has 0 saturated heterocycles. The number of carbonyl (C=O) groups is 1. The molecule has 20 heavy (non-hydrogen) atoms. The first-order valence-corrected chi connectivity index (χ1v) is 7.12. The summed E-state index contributed by atoms with van der Waals surface area (Å²) in [5, 5.41) is 8.84. The lowest BCUT2D eigenvalue weighted by molar-refractivity contribution is -0.136. The van der Waals surface area contributed by atoms with Crippen LogP contribution in [-0.2, 0) is 18.3 Å². The predicted molar refractivity (Wildman–Crippen MR) is 80.1 cm³/mol. The number of aryl methyl sites for hydroxylation is 2. The normalized spacial score (nSPS) is 11.6. The van der Waals surface area contributed by atoms with Crippen molar-refractivity contribution in [2.75, 3.05) is 0 Å². The molecule has 0 aliphatic carbocycles. The third kappa shape index (κ3) is 1.91. The number of carboxylic acid groups (broad SMARTS) is 1. The van der Waals surface area contributed by atoms with E-state index in [1.807, 2.05) is 41.1 Å². The second-order valence-electron chi connectivity index (χ2n) is 4.93. The first-order valence-electron chi connectivity index (χ1n) is 6.32. The fourth-order valence-corrected chi connectivity index (χ4v) is 3.29. The maximum Gasteiger partial charge on any atom is 0.303 e. The average Bonchev–Trinajstić information content (AvgIpc) is 2.85. The standard InChI is InChI=1S/C14H14BrN3O2/c1-8-3-4-10-9(7-8)16-14-17(2)11(5-6-12(19)20)13(15)18(10)14/h3-4,7H,5-6H2,1-2H3,(H,19,20). The van der Waals surface area contributed by atoms with Crippen molar-refractivity contribution in [3.8, 4) is 0 Å². The summed E-state index contributed by atoms with van der Waals surface area (Å²) in [5.41, 5.74) is 4.08. The predicted octanol–water partition coefficient (Wildman–Crippen LogP) is 2.91. The van der Waals surface area contributed by atoms with Gasteiger partial charge in [0.1, 0.15) is 4.60 Å². The van der Waals surface area contributed by atoms with E-state index in [2.05, 4.69) is 20.9 Å². The second-order valence-corrected chi connectivity index (χ2v) is 5.68. The Labute approximate surface area is 124 Å². The number of halogens is 1. The summed E-state index contributed by atoms with van der Waals surface area (Å²) in [6, 6.07) is 6.13. The van der Waals surface area contributed by atoms with Crippen LogP contribution in [0.25, 0.3) is 16.8 Å². The van der Waals surface area contributed by atoms with Crippen LogP contribution in [-0.4, -0.2) is 25.0 Å². The maximum atomic E-state index is 10.8. The fraction of sp³-hybridized carbons (Fsp3) is 0.286. The summed E-state index contributed by atoms with van der Waals surface area (Å²) in [5.74, 6) is 0.0223. The zero-order valence-corrected chi connectivity index (χ0v) is 12.8. The van der Waals surface area contributed by atoms with Gasteiger partial charge in [-0.15, -0.1) is 0 Å². The van der Waals surface area contributed by atoms with E-state index in [0.29, 0.717) is 6.42 Å². The Morgan fingerprint density at radius 1 is 1.45 bits per heavy atom. The van der Waals surface area contributed by atoms with Gasteiger partial charge in [0.05, 0.1) is 23.1 Å². The van der Waals surface area contributed by atoms with Gasteiger partial charge in [0.15, 0.2) is 0 Å². The van der Waals surface area contributed by atoms with Gasteiger partial charge < -0.3 is 9.67 Å². The fourth-order valence-electron chi connectivity index (χ4n) is 2.48. The maximum absolute atomic E-state index is 10.8. The molecular formula is C14H14BrN3O2. The van der Waals surface area contributed by atoms with E-state index in [0.717, 1.165) is 27.1 Å². The molecule has 2 heterocycles. The molecule has 0 unspecified atom stereocenters. The van der Waals surface area contributed by atoms with Crippen LogP contribution in [0.2, 0.25) is 0 Å². The smallest absolute Gasteiger partial charge is 0.303 e. The Hall–Kier alpha value is -1.82. The third-order valence-corrected chi connectivity index (χ3v) is 4.32. The third-order valence-electron chi connectivity index (χ3n) is 3.51. The van der Waals surface area contributed by atoms with Crippen LogP contribution in [0.3, 0.4) is 0 Å². The Kier molecular flexibility index (Phi) is 3.05. The largest absolute Gasteiger partial charge is 0.481 e. The SMILES string of the molecule is Cc1ccc2c(c1)nc1n(C)c(CCC(=O)O)c(Br)n21. The number of hydrogen-bond donors (Lipinski definition) is 1. The van der Waals surface area contributed by atoms with Gasteiger partial charge in [-0.3, -0.25) is 9.20 Å². The molecule has 0 bridgehead atoms. The number of nitrogens with zero attached hydrogens (tertiary/aromatic N) is 3. The van der Waals surface area contributed by atoms with Crippen molar-refractivity contribution in [2.24, 2.45) is 7.05 Å². The minimum atomic E-state index is -0.795. The van der Waals surface area contributed by atoms with E-state index < -0.39 is 5.97 Å². The molecule has 2 aromatic heterocycles. The van der Waals surface area contributed by atoms with E-state index in [1.54, 1.807) is 0 Å². The number of aromatic nitrogens is 3. The lowest BCUT2D eigenvalue weighted by atomic mass is 10.2. The quantitative estimate of drug-likeness (QED) is 0.800. The summed E-state index contributed by atoms with van der Waals surface area (Å²) in [6.07, 6.45) is 0.583. The Bertz CT molecular complexity index is 832. The molecule has 5 nitrogen and oxygen atoms in total. The zero-order chi connectivity index (χ0) is 14.4. The molecule has 0 aliphatic rings. The van der Waals surface area contributed by atoms with Gasteiger partial charge in [0, 0.05) is 13.5 Å². The van der Waals surface area contributed by atoms with E-state index in [9.17, 15) is 4.79 Å². The summed E-state index contributed by atoms with van der Waals surface area (Å²) < 4.78 is 4.84. The van der Waals surface area contributed by atoms with E-state index in [1.165, 1.54) is 5.56 Å². The van der Waals surface area contributed by atoms with Crippen LogP contribution in [0.5, 0.6) is 0 Å². The molecule has 0 amide bonds. The highest BCUT2D eigenvalue weighted by atomic mass is 79.9. The van der Waals surface area contributed by atoms with E-state index in [-0.39, 0.29) is 6.42 Å². The van der Waals surface area contributed by atoms with Crippen LogP contribution < -0.4 is 0 Å². The Balaban J connectivity index is 2.23. The number of imidazole rings is 2. The summed E-state index contributed by atoms with van der Waals surface area (Å²) in [4.78, 5) is 15.4. The molecule has 1 aromatic carbocycles. The number of rotatable bonds is 3. The van der Waals surface area contributed by atoms with Crippen molar-refractivity contribution in [1.29, 1.82) is 0 Å². The Morgan fingerprint density at radius 2 is 2.20 bits per heavy atom. The van der Waals surface area contributed by atoms with Gasteiger partial charge in [-0.2, -0.15) is 0 Å². The highest BCUT2D eigenvalue weighted by molar-refractivity contribution is 9.10. The molecule has 3 aromatic rings. The highest BCUT2D eigenvalue weighted by Crippen LogP contribution is 2.28. The van der Waals surface area contributed by atoms with Crippen LogP contribution in [0.4, 0.5) is 0 Å². The molecule has 1 N–H and O–H groups in total. The highest BCUT2D eigenvalue weighted by Gasteiger charge is 2.18. The minimum Gasteiger partial charge on any atom is -0.481 e. The average molecular weight is 336 g/mol. The summed E-state index contributed by atoms with van der Waals surface area (Å²) in [6.45, 7) is 2.04. The van der Waals surface area contributed by atoms with Gasteiger partial charge in [0.2, 0.25) is 5.78 Å². The molecule has 3 rings (SSSR count). The number of benzene rings is 1. The molecule has 0 atom stereocenters. The van der Waals surface area contributed by atoms with Gasteiger partial charge in [-0.1, -0.05) is 6.07 Å². The van der Waals surface area contributed by atoms with Crippen molar-refractivity contribution in [1.82, 2.24) is 14.0 Å². The van der Waals surface area contributed by atoms with E-state index >= 15 is 0 Å². The molecule has 0 radical (unpaired) electrons. The number of carboxylic acids is 1. The number of hydrogen-bond acceptors (Lipinski definition) is 2. The second kappa shape index (κ2) is 4.63. The molecule has 0 saturated carbocycles. The van der Waals surface area contributed by atoms with Crippen LogP contribution in [0, 0.1) is 6.92 Å². The zero-order valence-electron chi connectivity index (χ0n) is 11.2. The van der Waals surface area contributed by atoms with Crippen molar-refractivity contribution in [3.05, 3.63) is 34.1 Å². The van der Waals surface area contributed by atoms with Crippen molar-refractivity contribution >= 4 is 38.7 Å². The topological polar surface area (TPSA) is 59.5 Å². The van der Waals surface area contributed by atoms with Crippen LogP contribution in [0.15, 0.2) is 22.8 Å². The van der Waals surface area contributed by atoms with E-state index in [4.69, 9.17) is 5.11 Å². The summed E-state index contributed by atoms with van der Waals surface area (Å²) >= 11 is 3.58. The van der Waals surface area contributed by atoms with Crippen molar-refractivity contribution in [2.45, 2.75) is 19.8 Å². The first-order chi connectivity index (χ1) is 9.49.